The van der Waals surface area contributed by atoms with E-state index in [9.17, 15) is 9.59 Å². The summed E-state index contributed by atoms with van der Waals surface area (Å²) in [6.07, 6.45) is 6.64. The van der Waals surface area contributed by atoms with Crippen molar-refractivity contribution in [2.45, 2.75) is 65.0 Å². The lowest BCUT2D eigenvalue weighted by molar-refractivity contribution is 0.0199. The van der Waals surface area contributed by atoms with Gasteiger partial charge in [-0.25, -0.2) is 14.8 Å². The SMILES string of the molecule is Cc1ccc(OCC2CC2)c(-c2ncnc3c(C(=O)NC4CCN(C(=O)OC(C)(C)C)CC4)c[nH]c23)c1. The van der Waals surface area contributed by atoms with Crippen LogP contribution in [0.4, 0.5) is 4.79 Å². The van der Waals surface area contributed by atoms with Gasteiger partial charge in [0.15, 0.2) is 0 Å². The third-order valence-electron chi connectivity index (χ3n) is 6.75. The van der Waals surface area contributed by atoms with Gasteiger partial charge in [-0.15, -0.1) is 0 Å². The lowest BCUT2D eigenvalue weighted by atomic mass is 10.0. The van der Waals surface area contributed by atoms with E-state index in [4.69, 9.17) is 9.47 Å². The minimum absolute atomic E-state index is 0.0309. The Morgan fingerprint density at radius 3 is 2.59 bits per heavy atom. The smallest absolute Gasteiger partial charge is 0.410 e. The number of likely N-dealkylation sites (tertiary alicyclic amines) is 1. The van der Waals surface area contributed by atoms with E-state index in [0.29, 0.717) is 60.7 Å². The maximum atomic E-state index is 13.2. The molecule has 1 aliphatic carbocycles. The monoisotopic (exact) mass is 505 g/mol. The molecule has 1 saturated heterocycles. The molecule has 3 aromatic rings. The number of aromatic nitrogens is 3. The van der Waals surface area contributed by atoms with E-state index >= 15 is 0 Å². The van der Waals surface area contributed by atoms with Gasteiger partial charge in [-0.3, -0.25) is 4.79 Å². The number of nitrogens with zero attached hydrogens (tertiary/aromatic N) is 3. The van der Waals surface area contributed by atoms with Gasteiger partial charge in [-0.1, -0.05) is 11.6 Å². The molecule has 196 valence electrons. The maximum absolute atomic E-state index is 13.2. The lowest BCUT2D eigenvalue weighted by Gasteiger charge is -2.33. The van der Waals surface area contributed by atoms with Crippen molar-refractivity contribution in [2.24, 2.45) is 5.92 Å². The van der Waals surface area contributed by atoms with Crippen LogP contribution in [0.15, 0.2) is 30.7 Å². The van der Waals surface area contributed by atoms with Crippen molar-refractivity contribution in [3.63, 3.8) is 0 Å². The van der Waals surface area contributed by atoms with E-state index in [1.807, 2.05) is 39.8 Å². The van der Waals surface area contributed by atoms with Crippen molar-refractivity contribution in [3.8, 4) is 17.0 Å². The second-order valence-electron chi connectivity index (χ2n) is 11.1. The van der Waals surface area contributed by atoms with Crippen molar-refractivity contribution in [3.05, 3.63) is 41.9 Å². The number of carbonyl (C=O) groups excluding carboxylic acids is 2. The minimum atomic E-state index is -0.527. The Morgan fingerprint density at radius 1 is 1.14 bits per heavy atom. The predicted molar refractivity (Wildman–Crippen MR) is 141 cm³/mol. The second-order valence-corrected chi connectivity index (χ2v) is 11.1. The molecule has 9 nitrogen and oxygen atoms in total. The van der Waals surface area contributed by atoms with Crippen LogP contribution < -0.4 is 10.1 Å². The van der Waals surface area contributed by atoms with Gasteiger partial charge in [-0.05, 0) is 71.4 Å². The number of rotatable bonds is 6. The van der Waals surface area contributed by atoms with Gasteiger partial charge < -0.3 is 24.7 Å². The number of aryl methyl sites for hydroxylation is 1. The highest BCUT2D eigenvalue weighted by atomic mass is 16.6. The van der Waals surface area contributed by atoms with Crippen LogP contribution in [0.3, 0.4) is 0 Å². The first-order chi connectivity index (χ1) is 17.7. The molecule has 2 fully saturated rings. The van der Waals surface area contributed by atoms with Crippen molar-refractivity contribution >= 4 is 23.0 Å². The Kier molecular flexibility index (Phi) is 6.79. The number of aromatic amines is 1. The highest BCUT2D eigenvalue weighted by molar-refractivity contribution is 6.08. The van der Waals surface area contributed by atoms with Crippen molar-refractivity contribution < 1.29 is 19.1 Å². The van der Waals surface area contributed by atoms with Crippen molar-refractivity contribution in [1.29, 1.82) is 0 Å². The molecule has 37 heavy (non-hydrogen) atoms. The number of carbonyl (C=O) groups is 2. The summed E-state index contributed by atoms with van der Waals surface area (Å²) in [6.45, 7) is 9.39. The predicted octanol–water partition coefficient (Wildman–Crippen LogP) is 4.85. The minimum Gasteiger partial charge on any atom is -0.493 e. The van der Waals surface area contributed by atoms with Gasteiger partial charge in [0.2, 0.25) is 0 Å². The van der Waals surface area contributed by atoms with E-state index in [-0.39, 0.29) is 18.0 Å². The highest BCUT2D eigenvalue weighted by Crippen LogP contribution is 2.36. The Hall–Kier alpha value is -3.62. The Morgan fingerprint density at radius 2 is 1.89 bits per heavy atom. The van der Waals surface area contributed by atoms with E-state index in [1.165, 1.54) is 19.2 Å². The summed E-state index contributed by atoms with van der Waals surface area (Å²) in [5.74, 6) is 1.23. The Balaban J connectivity index is 1.30. The molecule has 2 amide bonds. The summed E-state index contributed by atoms with van der Waals surface area (Å²) in [4.78, 5) is 39.5. The molecule has 9 heteroatoms. The molecule has 2 N–H and O–H groups in total. The number of fused-ring (bicyclic) bond motifs is 1. The van der Waals surface area contributed by atoms with Gasteiger partial charge in [0.1, 0.15) is 28.9 Å². The number of benzene rings is 1. The Labute approximate surface area is 217 Å². The normalized spacial score (nSPS) is 16.6. The number of hydrogen-bond acceptors (Lipinski definition) is 6. The van der Waals surface area contributed by atoms with Crippen LogP contribution in [0.5, 0.6) is 5.75 Å². The lowest BCUT2D eigenvalue weighted by Crippen LogP contribution is -2.47. The fourth-order valence-electron chi connectivity index (χ4n) is 4.56. The molecule has 0 radical (unpaired) electrons. The topological polar surface area (TPSA) is 109 Å². The fourth-order valence-corrected chi connectivity index (χ4v) is 4.56. The molecule has 5 rings (SSSR count). The molecule has 3 heterocycles. The van der Waals surface area contributed by atoms with Gasteiger partial charge in [-0.2, -0.15) is 0 Å². The molecule has 0 bridgehead atoms. The number of hydrogen-bond donors (Lipinski definition) is 2. The summed E-state index contributed by atoms with van der Waals surface area (Å²) in [5, 5.41) is 3.12. The zero-order chi connectivity index (χ0) is 26.2. The zero-order valence-corrected chi connectivity index (χ0v) is 22.0. The quantitative estimate of drug-likeness (QED) is 0.496. The molecule has 0 unspecified atom stereocenters. The van der Waals surface area contributed by atoms with Crippen LogP contribution in [0.1, 0.15) is 62.4 Å². The summed E-state index contributed by atoms with van der Waals surface area (Å²) in [7, 11) is 0. The first-order valence-electron chi connectivity index (χ1n) is 13.0. The summed E-state index contributed by atoms with van der Waals surface area (Å²) in [6, 6.07) is 6.05. The molecular weight excluding hydrogens is 470 g/mol. The van der Waals surface area contributed by atoms with Crippen LogP contribution in [0.2, 0.25) is 0 Å². The first kappa shape index (κ1) is 25.0. The average Bonchev–Trinajstić information content (AvgIpc) is 3.58. The van der Waals surface area contributed by atoms with Gasteiger partial charge in [0, 0.05) is 30.9 Å². The number of H-pyrrole nitrogens is 1. The largest absolute Gasteiger partial charge is 0.493 e. The molecule has 0 spiro atoms. The second kappa shape index (κ2) is 10.0. The number of piperidine rings is 1. The third-order valence-corrected chi connectivity index (χ3v) is 6.75. The zero-order valence-electron chi connectivity index (χ0n) is 22.0. The Bertz CT molecular complexity index is 1300. The summed E-state index contributed by atoms with van der Waals surface area (Å²) in [5.41, 5.74) is 3.92. The van der Waals surface area contributed by atoms with Crippen molar-refractivity contribution in [2.75, 3.05) is 19.7 Å². The van der Waals surface area contributed by atoms with Crippen LogP contribution >= 0.6 is 0 Å². The van der Waals surface area contributed by atoms with Crippen LogP contribution in [-0.4, -0.2) is 63.2 Å². The standard InChI is InChI=1S/C28H35N5O4/c1-17-5-8-22(36-15-18-6-7-18)20(13-17)23-25-24(31-16-30-23)21(14-29-25)26(34)32-19-9-11-33(12-10-19)27(35)37-28(2,3)4/h5,8,13-14,16,18-19,29H,6-7,9-12,15H2,1-4H3,(H,32,34). The maximum Gasteiger partial charge on any atom is 0.410 e. The van der Waals surface area contributed by atoms with Crippen LogP contribution in [0, 0.1) is 12.8 Å². The number of amides is 2. The molecule has 1 aromatic carbocycles. The first-order valence-corrected chi connectivity index (χ1v) is 13.0. The van der Waals surface area contributed by atoms with E-state index in [1.54, 1.807) is 11.1 Å². The molecule has 1 aliphatic heterocycles. The number of nitrogens with one attached hydrogen (secondary N) is 2. The fraction of sp³-hybridized carbons (Fsp3) is 0.500. The van der Waals surface area contributed by atoms with Gasteiger partial charge >= 0.3 is 6.09 Å². The molecule has 2 aromatic heterocycles. The van der Waals surface area contributed by atoms with E-state index in [2.05, 4.69) is 26.3 Å². The molecule has 0 atom stereocenters. The molecular formula is C28H35N5O4. The summed E-state index contributed by atoms with van der Waals surface area (Å²) < 4.78 is 11.6. The average molecular weight is 506 g/mol. The summed E-state index contributed by atoms with van der Waals surface area (Å²) >= 11 is 0. The van der Waals surface area contributed by atoms with E-state index < -0.39 is 5.60 Å². The third kappa shape index (κ3) is 5.87. The van der Waals surface area contributed by atoms with Crippen molar-refractivity contribution in [1.82, 2.24) is 25.2 Å². The van der Waals surface area contributed by atoms with E-state index in [0.717, 1.165) is 16.9 Å². The van der Waals surface area contributed by atoms with Gasteiger partial charge in [0.25, 0.3) is 5.91 Å². The number of ether oxygens (including phenoxy) is 2. The highest BCUT2D eigenvalue weighted by Gasteiger charge is 2.29. The van der Waals surface area contributed by atoms with Gasteiger partial charge in [0.05, 0.1) is 17.7 Å². The van der Waals surface area contributed by atoms with Crippen LogP contribution in [-0.2, 0) is 4.74 Å². The van der Waals surface area contributed by atoms with Crippen LogP contribution in [0.25, 0.3) is 22.3 Å². The molecule has 1 saturated carbocycles. The molecule has 2 aliphatic rings.